The Labute approximate surface area is 202 Å². The van der Waals surface area contributed by atoms with E-state index in [0.29, 0.717) is 40.2 Å². The van der Waals surface area contributed by atoms with Crippen molar-refractivity contribution in [3.8, 4) is 33.6 Å². The second kappa shape index (κ2) is 9.63. The fourth-order valence-electron chi connectivity index (χ4n) is 4.84. The lowest BCUT2D eigenvalue weighted by atomic mass is 9.94. The fourth-order valence-corrected chi connectivity index (χ4v) is 5.59. The molecule has 2 saturated carbocycles. The summed E-state index contributed by atoms with van der Waals surface area (Å²) < 4.78 is 15.2. The minimum absolute atomic E-state index is 0.0347. The molecule has 2 aliphatic rings. The number of nitriles is 1. The first-order valence-corrected chi connectivity index (χ1v) is 12.8. The zero-order chi connectivity index (χ0) is 23.7. The number of halogens is 1. The number of aromatic nitrogens is 4. The van der Waals surface area contributed by atoms with Gasteiger partial charge in [0.1, 0.15) is 28.7 Å². The van der Waals surface area contributed by atoms with Crippen molar-refractivity contribution in [3.05, 3.63) is 35.5 Å². The highest BCUT2D eigenvalue weighted by molar-refractivity contribution is 7.13. The van der Waals surface area contributed by atoms with Gasteiger partial charge < -0.3 is 10.0 Å². The normalized spacial score (nSPS) is 22.7. The van der Waals surface area contributed by atoms with Gasteiger partial charge in [0, 0.05) is 22.5 Å². The summed E-state index contributed by atoms with van der Waals surface area (Å²) in [6.45, 7) is 2.18. The Morgan fingerprint density at radius 2 is 2.09 bits per heavy atom. The number of thiazole rings is 1. The van der Waals surface area contributed by atoms with Crippen LogP contribution in [-0.4, -0.2) is 43.5 Å². The molecule has 2 fully saturated rings. The number of hydrogen-bond donors (Lipinski definition) is 1. The number of alkyl halides is 1. The van der Waals surface area contributed by atoms with E-state index < -0.39 is 6.17 Å². The molecule has 0 amide bonds. The van der Waals surface area contributed by atoms with Crippen LogP contribution in [0.15, 0.2) is 29.8 Å². The van der Waals surface area contributed by atoms with Crippen molar-refractivity contribution < 1.29 is 9.50 Å². The van der Waals surface area contributed by atoms with E-state index in [9.17, 15) is 5.11 Å². The van der Waals surface area contributed by atoms with Crippen molar-refractivity contribution in [2.24, 2.45) is 5.92 Å². The highest BCUT2D eigenvalue weighted by atomic mass is 32.1. The van der Waals surface area contributed by atoms with Crippen molar-refractivity contribution in [2.75, 3.05) is 4.90 Å². The fraction of sp³-hybridized carbons (Fsp3) is 0.480. The zero-order valence-corrected chi connectivity index (χ0v) is 19.9. The quantitative estimate of drug-likeness (QED) is 0.466. The molecular weight excluding hydrogens is 451 g/mol. The summed E-state index contributed by atoms with van der Waals surface area (Å²) in [7, 11) is 0. The SMILES string of the molecule is CC[C@H]1CCC[C@H](F)[C@H](N(c2ncc(-c3ccc(-c4nc(C#N)cs4)cc3O)nn2)C2CC2)C1. The van der Waals surface area contributed by atoms with Gasteiger partial charge in [-0.3, -0.25) is 0 Å². The summed E-state index contributed by atoms with van der Waals surface area (Å²) in [5.74, 6) is 1.03. The summed E-state index contributed by atoms with van der Waals surface area (Å²) >= 11 is 1.35. The Balaban J connectivity index is 1.39. The Kier molecular flexibility index (Phi) is 6.42. The van der Waals surface area contributed by atoms with Gasteiger partial charge in [-0.15, -0.1) is 21.5 Å². The number of aromatic hydroxyl groups is 1. The average molecular weight is 479 g/mol. The molecule has 0 aliphatic heterocycles. The average Bonchev–Trinajstić information content (AvgIpc) is 3.61. The molecule has 1 N–H and O–H groups in total. The molecule has 0 spiro atoms. The second-order valence-electron chi connectivity index (χ2n) is 9.19. The first-order chi connectivity index (χ1) is 16.6. The molecule has 9 heteroatoms. The van der Waals surface area contributed by atoms with Crippen LogP contribution in [0.25, 0.3) is 21.8 Å². The van der Waals surface area contributed by atoms with Crippen molar-refractivity contribution >= 4 is 17.3 Å². The summed E-state index contributed by atoms with van der Waals surface area (Å²) in [4.78, 5) is 10.9. The maximum Gasteiger partial charge on any atom is 0.245 e. The van der Waals surface area contributed by atoms with Crippen LogP contribution in [-0.2, 0) is 0 Å². The number of hydrogen-bond acceptors (Lipinski definition) is 8. The number of benzene rings is 1. The van der Waals surface area contributed by atoms with Gasteiger partial charge in [-0.2, -0.15) is 5.26 Å². The van der Waals surface area contributed by atoms with E-state index in [1.165, 1.54) is 11.3 Å². The Bertz CT molecular complexity index is 1190. The molecule has 7 nitrogen and oxygen atoms in total. The van der Waals surface area contributed by atoms with Crippen molar-refractivity contribution in [1.82, 2.24) is 20.2 Å². The molecule has 3 aromatic rings. The molecule has 3 atom stereocenters. The Morgan fingerprint density at radius 1 is 1.24 bits per heavy atom. The molecule has 0 bridgehead atoms. The van der Waals surface area contributed by atoms with Crippen LogP contribution in [0.1, 0.15) is 57.6 Å². The minimum Gasteiger partial charge on any atom is -0.507 e. The van der Waals surface area contributed by atoms with Gasteiger partial charge in [0.05, 0.1) is 12.2 Å². The van der Waals surface area contributed by atoms with Crippen LogP contribution < -0.4 is 4.90 Å². The summed E-state index contributed by atoms with van der Waals surface area (Å²) in [5.41, 5.74) is 2.03. The first kappa shape index (κ1) is 22.7. The molecule has 0 saturated heterocycles. The predicted octanol–water partition coefficient (Wildman–Crippen LogP) is 5.52. The lowest BCUT2D eigenvalue weighted by Crippen LogP contribution is -2.45. The van der Waals surface area contributed by atoms with Crippen molar-refractivity contribution in [2.45, 2.75) is 70.1 Å². The molecule has 34 heavy (non-hydrogen) atoms. The monoisotopic (exact) mass is 478 g/mol. The smallest absolute Gasteiger partial charge is 0.245 e. The van der Waals surface area contributed by atoms with Gasteiger partial charge in [-0.1, -0.05) is 32.3 Å². The maximum atomic E-state index is 15.2. The number of anilines is 1. The lowest BCUT2D eigenvalue weighted by Gasteiger charge is -2.34. The van der Waals surface area contributed by atoms with E-state index in [0.717, 1.165) is 44.1 Å². The maximum absolute atomic E-state index is 15.2. The predicted molar refractivity (Wildman–Crippen MR) is 129 cm³/mol. The van der Waals surface area contributed by atoms with E-state index in [2.05, 4.69) is 32.0 Å². The molecule has 0 unspecified atom stereocenters. The third-order valence-electron chi connectivity index (χ3n) is 6.88. The van der Waals surface area contributed by atoms with E-state index in [4.69, 9.17) is 5.26 Å². The van der Waals surface area contributed by atoms with E-state index in [-0.39, 0.29) is 17.8 Å². The van der Waals surface area contributed by atoms with Gasteiger partial charge in [0.15, 0.2) is 5.69 Å². The molecule has 2 aromatic heterocycles. The number of rotatable bonds is 6. The van der Waals surface area contributed by atoms with Crippen LogP contribution in [0.3, 0.4) is 0 Å². The van der Waals surface area contributed by atoms with E-state index >= 15 is 4.39 Å². The zero-order valence-electron chi connectivity index (χ0n) is 19.1. The Hall–Kier alpha value is -3.12. The standard InChI is InChI=1S/C25H27FN6OS/c1-2-15-4-3-5-20(26)22(10-15)32(18-7-8-18)25-28-13-21(30-31-25)19-9-6-16(11-23(19)33)24-29-17(12-27)14-34-24/h6,9,11,13-15,18,20,22,33H,2-5,7-8,10H2,1H3/t15-,20-,22+/m0/s1. The van der Waals surface area contributed by atoms with Crippen LogP contribution in [0.4, 0.5) is 10.3 Å². The van der Waals surface area contributed by atoms with Gasteiger partial charge in [-0.05, 0) is 43.7 Å². The summed E-state index contributed by atoms with van der Waals surface area (Å²) in [6, 6.07) is 7.25. The van der Waals surface area contributed by atoms with E-state index in [1.807, 2.05) is 12.1 Å². The largest absolute Gasteiger partial charge is 0.507 e. The van der Waals surface area contributed by atoms with Crippen LogP contribution in [0, 0.1) is 17.2 Å². The Morgan fingerprint density at radius 3 is 2.74 bits per heavy atom. The summed E-state index contributed by atoms with van der Waals surface area (Å²) in [6.07, 6.45) is 7.26. The number of phenolic OH excluding ortho intramolecular Hbond substituents is 1. The third-order valence-corrected chi connectivity index (χ3v) is 7.77. The molecular formula is C25H27FN6OS. The van der Waals surface area contributed by atoms with Crippen molar-refractivity contribution in [3.63, 3.8) is 0 Å². The molecule has 176 valence electrons. The van der Waals surface area contributed by atoms with Gasteiger partial charge in [0.25, 0.3) is 0 Å². The van der Waals surface area contributed by atoms with Gasteiger partial charge >= 0.3 is 0 Å². The third kappa shape index (κ3) is 4.60. The summed E-state index contributed by atoms with van der Waals surface area (Å²) in [5, 5.41) is 30.7. The molecule has 5 rings (SSSR count). The van der Waals surface area contributed by atoms with Crippen LogP contribution >= 0.6 is 11.3 Å². The van der Waals surface area contributed by atoms with Gasteiger partial charge in [0.2, 0.25) is 5.95 Å². The molecule has 1 aromatic carbocycles. The van der Waals surface area contributed by atoms with Gasteiger partial charge in [-0.25, -0.2) is 14.4 Å². The van der Waals surface area contributed by atoms with Crippen molar-refractivity contribution in [1.29, 1.82) is 5.26 Å². The topological polar surface area (TPSA) is 98.8 Å². The second-order valence-corrected chi connectivity index (χ2v) is 10.0. The lowest BCUT2D eigenvalue weighted by molar-refractivity contribution is 0.246. The number of nitrogens with zero attached hydrogens (tertiary/aromatic N) is 6. The highest BCUT2D eigenvalue weighted by Gasteiger charge is 2.41. The van der Waals surface area contributed by atoms with Crippen LogP contribution in [0.5, 0.6) is 5.75 Å². The highest BCUT2D eigenvalue weighted by Crippen LogP contribution is 2.39. The van der Waals surface area contributed by atoms with E-state index in [1.54, 1.807) is 23.7 Å². The molecule has 2 heterocycles. The molecule has 2 aliphatic carbocycles. The number of phenols is 1. The van der Waals surface area contributed by atoms with Crippen LogP contribution in [0.2, 0.25) is 0 Å². The first-order valence-electron chi connectivity index (χ1n) is 11.9. The molecule has 0 radical (unpaired) electrons. The minimum atomic E-state index is -0.885.